The lowest BCUT2D eigenvalue weighted by Crippen LogP contribution is -2.50. The highest BCUT2D eigenvalue weighted by Gasteiger charge is 2.33. The minimum Gasteiger partial charge on any atom is -0.325 e. The summed E-state index contributed by atoms with van der Waals surface area (Å²) < 4.78 is 26.9. The normalized spacial score (nSPS) is 15.8. The molecule has 154 valence electrons. The number of benzene rings is 2. The Hall–Kier alpha value is -2.82. The Kier molecular flexibility index (Phi) is 6.26. The molecule has 0 aromatic heterocycles. The molecule has 0 radical (unpaired) electrons. The smallest absolute Gasteiger partial charge is 0.289 e. The van der Waals surface area contributed by atoms with Crippen LogP contribution in [0.5, 0.6) is 0 Å². The lowest BCUT2D eigenvalue weighted by atomic mass is 10.2. The summed E-state index contributed by atoms with van der Waals surface area (Å²) in [5.74, 6) is -0.177. The number of amides is 1. The van der Waals surface area contributed by atoms with Crippen molar-refractivity contribution in [2.45, 2.75) is 11.8 Å². The standard InChI is InChI=1S/C19H22N4O5S/c1-15-6-8-16(9-7-15)20-19(24)14-21-10-12-22(13-11-21)29(27,28)18-5-3-2-4-17(18)23(25)26/h2-9H,10-14H2,1H3,(H,20,24). The Bertz CT molecular complexity index is 1000. The molecule has 1 amide bonds. The maximum Gasteiger partial charge on any atom is 0.289 e. The number of hydrogen-bond acceptors (Lipinski definition) is 6. The van der Waals surface area contributed by atoms with Crippen molar-refractivity contribution in [1.82, 2.24) is 9.21 Å². The van der Waals surface area contributed by atoms with Crippen LogP contribution in [0.15, 0.2) is 53.4 Å². The van der Waals surface area contributed by atoms with E-state index in [4.69, 9.17) is 0 Å². The number of nitrogens with one attached hydrogen (secondary N) is 1. The molecule has 3 rings (SSSR count). The molecule has 0 bridgehead atoms. The van der Waals surface area contributed by atoms with Gasteiger partial charge in [-0.1, -0.05) is 29.8 Å². The first-order chi connectivity index (χ1) is 13.8. The third-order valence-corrected chi connectivity index (χ3v) is 6.66. The van der Waals surface area contributed by atoms with E-state index in [0.717, 1.165) is 5.56 Å². The topological polar surface area (TPSA) is 113 Å². The quantitative estimate of drug-likeness (QED) is 0.566. The molecule has 1 heterocycles. The van der Waals surface area contributed by atoms with Crippen molar-refractivity contribution in [3.8, 4) is 0 Å². The van der Waals surface area contributed by atoms with Crippen molar-refractivity contribution in [3.63, 3.8) is 0 Å². The average Bonchev–Trinajstić information content (AvgIpc) is 2.70. The first kappa shape index (κ1) is 20.9. The Morgan fingerprint density at radius 1 is 1.07 bits per heavy atom. The number of nitrogens with zero attached hydrogens (tertiary/aromatic N) is 3. The number of anilines is 1. The molecule has 1 fully saturated rings. The van der Waals surface area contributed by atoms with E-state index in [1.165, 1.54) is 28.6 Å². The minimum atomic E-state index is -3.98. The van der Waals surface area contributed by atoms with Gasteiger partial charge in [-0.15, -0.1) is 0 Å². The Balaban J connectivity index is 1.59. The SMILES string of the molecule is Cc1ccc(NC(=O)CN2CCN(S(=O)(=O)c3ccccc3[N+](=O)[O-])CC2)cc1. The van der Waals surface area contributed by atoms with E-state index in [1.54, 1.807) is 0 Å². The Morgan fingerprint density at radius 3 is 2.31 bits per heavy atom. The summed E-state index contributed by atoms with van der Waals surface area (Å²) in [5.41, 5.74) is 1.37. The molecule has 2 aromatic rings. The molecule has 1 aliphatic rings. The lowest BCUT2D eigenvalue weighted by Gasteiger charge is -2.33. The van der Waals surface area contributed by atoms with E-state index in [9.17, 15) is 23.3 Å². The fourth-order valence-corrected chi connectivity index (χ4v) is 4.71. The largest absolute Gasteiger partial charge is 0.325 e. The predicted molar refractivity (Wildman–Crippen MR) is 108 cm³/mol. The van der Waals surface area contributed by atoms with Gasteiger partial charge in [-0.25, -0.2) is 8.42 Å². The second kappa shape index (κ2) is 8.68. The molecule has 10 heteroatoms. The summed E-state index contributed by atoms with van der Waals surface area (Å²) in [6, 6.07) is 12.8. The molecule has 9 nitrogen and oxygen atoms in total. The summed E-state index contributed by atoms with van der Waals surface area (Å²) in [4.78, 5) is 24.2. The van der Waals surface area contributed by atoms with E-state index in [1.807, 2.05) is 36.1 Å². The number of sulfonamides is 1. The van der Waals surface area contributed by atoms with Crippen LogP contribution in [0.3, 0.4) is 0 Å². The van der Waals surface area contributed by atoms with Gasteiger partial charge >= 0.3 is 0 Å². The zero-order valence-electron chi connectivity index (χ0n) is 15.9. The van der Waals surface area contributed by atoms with E-state index in [2.05, 4.69) is 5.32 Å². The Labute approximate surface area is 169 Å². The van der Waals surface area contributed by atoms with Crippen molar-refractivity contribution >= 4 is 27.3 Å². The van der Waals surface area contributed by atoms with Crippen LogP contribution in [0.1, 0.15) is 5.56 Å². The van der Waals surface area contributed by atoms with E-state index in [0.29, 0.717) is 18.8 Å². The zero-order valence-corrected chi connectivity index (χ0v) is 16.8. The number of aryl methyl sites for hydroxylation is 1. The fraction of sp³-hybridized carbons (Fsp3) is 0.316. The average molecular weight is 418 g/mol. The number of carbonyl (C=O) groups is 1. The van der Waals surface area contributed by atoms with Crippen LogP contribution in [-0.2, 0) is 14.8 Å². The molecular weight excluding hydrogens is 396 g/mol. The fourth-order valence-electron chi connectivity index (χ4n) is 3.13. The van der Waals surface area contributed by atoms with E-state index < -0.39 is 20.6 Å². The van der Waals surface area contributed by atoms with Gasteiger partial charge < -0.3 is 5.32 Å². The van der Waals surface area contributed by atoms with Crippen molar-refractivity contribution < 1.29 is 18.1 Å². The molecule has 0 unspecified atom stereocenters. The van der Waals surface area contributed by atoms with Crippen LogP contribution in [0.25, 0.3) is 0 Å². The number of nitro benzene ring substituents is 1. The molecule has 2 aromatic carbocycles. The van der Waals surface area contributed by atoms with Gasteiger partial charge in [-0.05, 0) is 25.1 Å². The molecule has 1 N–H and O–H groups in total. The monoisotopic (exact) mass is 418 g/mol. The maximum absolute atomic E-state index is 12.8. The van der Waals surface area contributed by atoms with Crippen LogP contribution in [-0.4, -0.2) is 61.2 Å². The molecule has 1 aliphatic heterocycles. The van der Waals surface area contributed by atoms with Gasteiger partial charge in [0.1, 0.15) is 0 Å². The molecule has 29 heavy (non-hydrogen) atoms. The lowest BCUT2D eigenvalue weighted by molar-refractivity contribution is -0.387. The van der Waals surface area contributed by atoms with Crippen LogP contribution in [0.4, 0.5) is 11.4 Å². The third-order valence-electron chi connectivity index (χ3n) is 4.71. The van der Waals surface area contributed by atoms with Crippen molar-refractivity contribution in [1.29, 1.82) is 0 Å². The number of piperazine rings is 1. The molecular formula is C19H22N4O5S. The molecule has 0 atom stereocenters. The van der Waals surface area contributed by atoms with Crippen LogP contribution in [0.2, 0.25) is 0 Å². The van der Waals surface area contributed by atoms with Gasteiger partial charge in [0.05, 0.1) is 11.5 Å². The van der Waals surface area contributed by atoms with Crippen molar-refractivity contribution in [2.24, 2.45) is 0 Å². The Morgan fingerprint density at radius 2 is 1.69 bits per heavy atom. The highest BCUT2D eigenvalue weighted by atomic mass is 32.2. The van der Waals surface area contributed by atoms with Gasteiger partial charge in [0.25, 0.3) is 5.69 Å². The molecule has 1 saturated heterocycles. The highest BCUT2D eigenvalue weighted by Crippen LogP contribution is 2.26. The van der Waals surface area contributed by atoms with E-state index >= 15 is 0 Å². The van der Waals surface area contributed by atoms with Crippen molar-refractivity contribution in [2.75, 3.05) is 38.0 Å². The van der Waals surface area contributed by atoms with Gasteiger partial charge in [-0.2, -0.15) is 4.31 Å². The highest BCUT2D eigenvalue weighted by molar-refractivity contribution is 7.89. The van der Waals surface area contributed by atoms with Crippen LogP contribution < -0.4 is 5.32 Å². The van der Waals surface area contributed by atoms with Crippen LogP contribution >= 0.6 is 0 Å². The third kappa shape index (κ3) is 4.97. The first-order valence-corrected chi connectivity index (χ1v) is 10.5. The molecule has 0 saturated carbocycles. The molecule has 0 aliphatic carbocycles. The number of nitro groups is 1. The van der Waals surface area contributed by atoms with Crippen molar-refractivity contribution in [3.05, 3.63) is 64.2 Å². The van der Waals surface area contributed by atoms with Crippen LogP contribution in [0, 0.1) is 17.0 Å². The summed E-state index contributed by atoms with van der Waals surface area (Å²) in [6.07, 6.45) is 0. The van der Waals surface area contributed by atoms with Gasteiger partial charge in [-0.3, -0.25) is 19.8 Å². The van der Waals surface area contributed by atoms with Gasteiger partial charge in [0.15, 0.2) is 4.90 Å². The number of rotatable bonds is 6. The number of para-hydroxylation sites is 1. The summed E-state index contributed by atoms with van der Waals surface area (Å²) >= 11 is 0. The maximum atomic E-state index is 12.8. The van der Waals surface area contributed by atoms with Gasteiger partial charge in [0, 0.05) is 37.9 Å². The van der Waals surface area contributed by atoms with Gasteiger partial charge in [0.2, 0.25) is 15.9 Å². The summed E-state index contributed by atoms with van der Waals surface area (Å²) in [5, 5.41) is 14.0. The molecule has 0 spiro atoms. The summed E-state index contributed by atoms with van der Waals surface area (Å²) in [6.45, 7) is 3.15. The minimum absolute atomic E-state index is 0.146. The number of hydrogen-bond donors (Lipinski definition) is 1. The second-order valence-corrected chi connectivity index (χ2v) is 8.73. The summed E-state index contributed by atoms with van der Waals surface area (Å²) in [7, 11) is -3.98. The van der Waals surface area contributed by atoms with E-state index in [-0.39, 0.29) is 30.4 Å². The predicted octanol–water partition coefficient (Wildman–Crippen LogP) is 1.85. The second-order valence-electron chi connectivity index (χ2n) is 6.82. The first-order valence-electron chi connectivity index (χ1n) is 9.10. The zero-order chi connectivity index (χ0) is 21.0. The number of carbonyl (C=O) groups excluding carboxylic acids is 1.